The van der Waals surface area contributed by atoms with Gasteiger partial charge in [-0.2, -0.15) is 4.98 Å². The van der Waals surface area contributed by atoms with Crippen molar-refractivity contribution >= 4 is 29.1 Å². The fourth-order valence-corrected chi connectivity index (χ4v) is 4.04. The molecule has 2 aliphatic rings. The zero-order valence-electron chi connectivity index (χ0n) is 17.5. The molecule has 1 saturated carbocycles. The first-order valence-electron chi connectivity index (χ1n) is 10.9. The quantitative estimate of drug-likeness (QED) is 0.605. The summed E-state index contributed by atoms with van der Waals surface area (Å²) < 4.78 is 5.31. The number of amides is 2. The van der Waals surface area contributed by atoms with Gasteiger partial charge >= 0.3 is 0 Å². The lowest BCUT2D eigenvalue weighted by molar-refractivity contribution is -0.121. The van der Waals surface area contributed by atoms with Crippen LogP contribution in [0.1, 0.15) is 47.8 Å². The minimum atomic E-state index is -0.115. The van der Waals surface area contributed by atoms with Gasteiger partial charge in [-0.15, -0.1) is 0 Å². The summed E-state index contributed by atoms with van der Waals surface area (Å²) in [6.45, 7) is 1.10. The van der Waals surface area contributed by atoms with E-state index in [1.165, 1.54) is 0 Å². The molecule has 1 aromatic heterocycles. The van der Waals surface area contributed by atoms with Crippen LogP contribution in [0.3, 0.4) is 0 Å². The number of benzene rings is 2. The van der Waals surface area contributed by atoms with Crippen LogP contribution in [0.5, 0.6) is 0 Å². The maximum atomic E-state index is 12.9. The lowest BCUT2D eigenvalue weighted by Crippen LogP contribution is -2.41. The molecule has 0 spiro atoms. The van der Waals surface area contributed by atoms with Crippen LogP contribution in [0.25, 0.3) is 11.4 Å². The Hall–Kier alpha value is -3.19. The Morgan fingerprint density at radius 3 is 2.31 bits per heavy atom. The largest absolute Gasteiger partial charge is 0.339 e. The average molecular weight is 451 g/mol. The molecule has 1 aliphatic carbocycles. The number of halogens is 1. The molecule has 7 nitrogen and oxygen atoms in total. The average Bonchev–Trinajstić information content (AvgIpc) is 3.57. The third-order valence-corrected chi connectivity index (χ3v) is 6.28. The summed E-state index contributed by atoms with van der Waals surface area (Å²) in [4.78, 5) is 31.7. The molecule has 0 radical (unpaired) electrons. The summed E-state index contributed by atoms with van der Waals surface area (Å²) in [6, 6.07) is 14.3. The number of rotatable bonds is 5. The third kappa shape index (κ3) is 4.53. The van der Waals surface area contributed by atoms with E-state index in [1.807, 2.05) is 12.1 Å². The topological polar surface area (TPSA) is 88.3 Å². The van der Waals surface area contributed by atoms with Gasteiger partial charge in [-0.3, -0.25) is 9.59 Å². The number of hydrogen-bond donors (Lipinski definition) is 1. The van der Waals surface area contributed by atoms with Crippen molar-refractivity contribution in [2.24, 2.45) is 5.92 Å². The van der Waals surface area contributed by atoms with E-state index < -0.39 is 0 Å². The molecule has 1 N–H and O–H groups in total. The molecule has 8 heteroatoms. The van der Waals surface area contributed by atoms with Crippen LogP contribution in [-0.2, 0) is 4.79 Å². The summed E-state index contributed by atoms with van der Waals surface area (Å²) in [7, 11) is 0. The third-order valence-electron chi connectivity index (χ3n) is 6.02. The van der Waals surface area contributed by atoms with Gasteiger partial charge in [0.25, 0.3) is 5.91 Å². The fourth-order valence-electron chi connectivity index (χ4n) is 3.92. The predicted octanol–water partition coefficient (Wildman–Crippen LogP) is 4.76. The van der Waals surface area contributed by atoms with Crippen molar-refractivity contribution in [1.82, 2.24) is 15.0 Å². The van der Waals surface area contributed by atoms with Gasteiger partial charge in [0.2, 0.25) is 17.6 Å². The number of nitrogens with one attached hydrogen (secondary N) is 1. The van der Waals surface area contributed by atoms with Crippen LogP contribution in [0, 0.1) is 5.92 Å². The number of aromatic nitrogens is 2. The summed E-state index contributed by atoms with van der Waals surface area (Å²) in [5.41, 5.74) is 2.17. The Kier molecular flexibility index (Phi) is 5.66. The van der Waals surface area contributed by atoms with E-state index in [2.05, 4.69) is 15.5 Å². The highest BCUT2D eigenvalue weighted by Crippen LogP contribution is 2.39. The van der Waals surface area contributed by atoms with Gasteiger partial charge in [0.15, 0.2) is 0 Å². The summed E-state index contributed by atoms with van der Waals surface area (Å²) in [6.07, 6.45) is 3.48. The van der Waals surface area contributed by atoms with Crippen LogP contribution in [-0.4, -0.2) is 39.9 Å². The van der Waals surface area contributed by atoms with E-state index >= 15 is 0 Å². The van der Waals surface area contributed by atoms with Gasteiger partial charge in [-0.05, 0) is 62.1 Å². The van der Waals surface area contributed by atoms with E-state index in [0.717, 1.165) is 24.1 Å². The zero-order valence-corrected chi connectivity index (χ0v) is 18.2. The van der Waals surface area contributed by atoms with Crippen molar-refractivity contribution < 1.29 is 14.1 Å². The van der Waals surface area contributed by atoms with E-state index in [0.29, 0.717) is 54.2 Å². The first-order valence-corrected chi connectivity index (χ1v) is 11.2. The van der Waals surface area contributed by atoms with Gasteiger partial charge in [0.1, 0.15) is 0 Å². The van der Waals surface area contributed by atoms with Crippen molar-refractivity contribution in [1.29, 1.82) is 0 Å². The maximum absolute atomic E-state index is 12.9. The van der Waals surface area contributed by atoms with Gasteiger partial charge in [-0.25, -0.2) is 0 Å². The van der Waals surface area contributed by atoms with Gasteiger partial charge < -0.3 is 14.7 Å². The van der Waals surface area contributed by atoms with E-state index in [1.54, 1.807) is 41.3 Å². The van der Waals surface area contributed by atoms with Crippen LogP contribution in [0.15, 0.2) is 53.1 Å². The van der Waals surface area contributed by atoms with Crippen molar-refractivity contribution in [2.75, 3.05) is 18.4 Å². The lowest BCUT2D eigenvalue weighted by atomic mass is 9.95. The monoisotopic (exact) mass is 450 g/mol. The molecule has 5 rings (SSSR count). The summed E-state index contributed by atoms with van der Waals surface area (Å²) in [5.74, 6) is 1.50. The van der Waals surface area contributed by atoms with Gasteiger partial charge in [-0.1, -0.05) is 28.9 Å². The Bertz CT molecular complexity index is 1110. The van der Waals surface area contributed by atoms with E-state index in [4.69, 9.17) is 16.1 Å². The minimum Gasteiger partial charge on any atom is -0.339 e. The molecule has 1 aliphatic heterocycles. The number of nitrogens with zero attached hydrogens (tertiary/aromatic N) is 3. The first-order chi connectivity index (χ1) is 15.6. The first kappa shape index (κ1) is 20.7. The second-order valence-electron chi connectivity index (χ2n) is 8.37. The molecule has 0 atom stereocenters. The van der Waals surface area contributed by atoms with Gasteiger partial charge in [0.05, 0.1) is 0 Å². The van der Waals surface area contributed by atoms with Crippen LogP contribution < -0.4 is 5.32 Å². The Balaban J connectivity index is 1.16. The molecule has 2 amide bonds. The van der Waals surface area contributed by atoms with Crippen molar-refractivity contribution in [3.05, 3.63) is 65.0 Å². The second kappa shape index (κ2) is 8.74. The molecule has 2 fully saturated rings. The Morgan fingerprint density at radius 2 is 1.66 bits per heavy atom. The molecular formula is C24H23ClN4O3. The molecule has 1 saturated heterocycles. The molecular weight excluding hydrogens is 428 g/mol. The standard InChI is InChI=1S/C24H23ClN4O3/c25-19-7-9-20(10-8-19)26-22(30)16-11-13-29(14-12-16)24(31)18-5-1-15(2-6-18)21-27-23(32-28-21)17-3-4-17/h1-2,5-10,16-17H,3-4,11-14H2,(H,26,30). The summed E-state index contributed by atoms with van der Waals surface area (Å²) >= 11 is 5.89. The Labute approximate surface area is 190 Å². The lowest BCUT2D eigenvalue weighted by Gasteiger charge is -2.31. The normalized spacial score (nSPS) is 16.7. The maximum Gasteiger partial charge on any atom is 0.253 e. The number of carbonyl (C=O) groups is 2. The molecule has 0 bridgehead atoms. The van der Waals surface area contributed by atoms with Crippen LogP contribution >= 0.6 is 11.6 Å². The van der Waals surface area contributed by atoms with Gasteiger partial charge in [0, 0.05) is 46.8 Å². The van der Waals surface area contributed by atoms with Crippen molar-refractivity contribution in [3.63, 3.8) is 0 Å². The van der Waals surface area contributed by atoms with E-state index in [-0.39, 0.29) is 17.7 Å². The molecule has 164 valence electrons. The summed E-state index contributed by atoms with van der Waals surface area (Å²) in [5, 5.41) is 7.60. The molecule has 32 heavy (non-hydrogen) atoms. The molecule has 2 heterocycles. The highest BCUT2D eigenvalue weighted by atomic mass is 35.5. The number of anilines is 1. The number of likely N-dealkylation sites (tertiary alicyclic amines) is 1. The predicted molar refractivity (Wildman–Crippen MR) is 120 cm³/mol. The molecule has 3 aromatic rings. The SMILES string of the molecule is O=C(Nc1ccc(Cl)cc1)C1CCN(C(=O)c2ccc(-c3noc(C4CC4)n3)cc2)CC1. The number of hydrogen-bond acceptors (Lipinski definition) is 5. The van der Waals surface area contributed by atoms with Crippen LogP contribution in [0.2, 0.25) is 5.02 Å². The highest BCUT2D eigenvalue weighted by molar-refractivity contribution is 6.30. The molecule has 0 unspecified atom stereocenters. The Morgan fingerprint density at radius 1 is 0.969 bits per heavy atom. The van der Waals surface area contributed by atoms with E-state index in [9.17, 15) is 9.59 Å². The fraction of sp³-hybridized carbons (Fsp3) is 0.333. The van der Waals surface area contributed by atoms with Crippen molar-refractivity contribution in [2.45, 2.75) is 31.6 Å². The zero-order chi connectivity index (χ0) is 22.1. The van der Waals surface area contributed by atoms with Crippen molar-refractivity contribution in [3.8, 4) is 11.4 Å². The minimum absolute atomic E-state index is 0.0190. The second-order valence-corrected chi connectivity index (χ2v) is 8.81. The number of piperidine rings is 1. The smallest absolute Gasteiger partial charge is 0.253 e. The number of carbonyl (C=O) groups excluding carboxylic acids is 2. The molecule has 2 aromatic carbocycles. The van der Waals surface area contributed by atoms with Crippen LogP contribution in [0.4, 0.5) is 5.69 Å². The highest BCUT2D eigenvalue weighted by Gasteiger charge is 2.30.